The van der Waals surface area contributed by atoms with Crippen LogP contribution in [0.15, 0.2) is 61.1 Å². The molecule has 0 atom stereocenters. The smallest absolute Gasteiger partial charge is 0.169 e. The molecule has 9 heteroatoms. The summed E-state index contributed by atoms with van der Waals surface area (Å²) < 4.78 is 26.3. The van der Waals surface area contributed by atoms with Crippen LogP contribution in [0.4, 0.5) is 5.82 Å². The lowest BCUT2D eigenvalue weighted by molar-refractivity contribution is -0.225. The molecule has 0 unspecified atom stereocenters. The van der Waals surface area contributed by atoms with E-state index in [-0.39, 0.29) is 12.3 Å². The lowest BCUT2D eigenvalue weighted by Gasteiger charge is -2.38. The number of nitrogen functional groups attached to an aromatic ring is 1. The van der Waals surface area contributed by atoms with Gasteiger partial charge in [0, 0.05) is 17.7 Å². The van der Waals surface area contributed by atoms with Gasteiger partial charge in [0.1, 0.15) is 23.5 Å². The molecule has 6 rings (SSSR count). The summed E-state index contributed by atoms with van der Waals surface area (Å²) in [6.45, 7) is 3.27. The topological polar surface area (TPSA) is 96.9 Å². The molecule has 38 heavy (non-hydrogen) atoms. The second-order valence-corrected chi connectivity index (χ2v) is 10.0. The van der Waals surface area contributed by atoms with Gasteiger partial charge in [0.05, 0.1) is 31.8 Å². The Morgan fingerprint density at radius 2 is 1.74 bits per heavy atom. The van der Waals surface area contributed by atoms with Crippen LogP contribution in [0.1, 0.15) is 18.9 Å². The van der Waals surface area contributed by atoms with Crippen molar-refractivity contribution < 1.29 is 18.9 Å². The largest absolute Gasteiger partial charge is 0.493 e. The van der Waals surface area contributed by atoms with E-state index in [1.54, 1.807) is 7.11 Å². The third-order valence-corrected chi connectivity index (χ3v) is 7.53. The van der Waals surface area contributed by atoms with Gasteiger partial charge in [-0.3, -0.25) is 0 Å². The predicted molar refractivity (Wildman–Crippen MR) is 145 cm³/mol. The van der Waals surface area contributed by atoms with Crippen molar-refractivity contribution in [3.05, 3.63) is 61.1 Å². The quantitative estimate of drug-likeness (QED) is 0.393. The van der Waals surface area contributed by atoms with E-state index in [2.05, 4.69) is 32.7 Å². The van der Waals surface area contributed by atoms with Crippen molar-refractivity contribution in [2.45, 2.75) is 25.2 Å². The lowest BCUT2D eigenvalue weighted by atomic mass is 9.96. The molecule has 0 radical (unpaired) electrons. The molecule has 4 heterocycles. The summed E-state index contributed by atoms with van der Waals surface area (Å²) in [4.78, 5) is 11.2. The van der Waals surface area contributed by atoms with Gasteiger partial charge < -0.3 is 34.1 Å². The Kier molecular flexibility index (Phi) is 6.88. The molecule has 0 saturated carbocycles. The van der Waals surface area contributed by atoms with Crippen LogP contribution in [-0.2, 0) is 9.47 Å². The molecule has 0 amide bonds. The molecule has 0 bridgehead atoms. The molecule has 2 fully saturated rings. The number of likely N-dealkylation sites (tertiary alicyclic amines) is 1. The molecule has 198 valence electrons. The van der Waals surface area contributed by atoms with E-state index in [1.165, 1.54) is 6.33 Å². The fraction of sp³-hybridized carbons (Fsp3) is 0.379. The molecular formula is C29H33N5O4. The van der Waals surface area contributed by atoms with Crippen LogP contribution in [0.2, 0.25) is 0 Å². The minimum Gasteiger partial charge on any atom is -0.493 e. The summed E-state index contributed by atoms with van der Waals surface area (Å²) in [5, 5.41) is 0.795. The molecule has 2 aliphatic rings. The van der Waals surface area contributed by atoms with E-state index < -0.39 is 0 Å². The molecule has 0 spiro atoms. The number of ether oxygens (including phenoxy) is 4. The number of rotatable bonds is 6. The second-order valence-electron chi connectivity index (χ2n) is 10.0. The van der Waals surface area contributed by atoms with Crippen LogP contribution >= 0.6 is 0 Å². The van der Waals surface area contributed by atoms with E-state index in [9.17, 15) is 0 Å². The Bertz CT molecular complexity index is 1390. The van der Waals surface area contributed by atoms with Gasteiger partial charge in [0.2, 0.25) is 0 Å². The van der Waals surface area contributed by atoms with Gasteiger partial charge in [-0.15, -0.1) is 0 Å². The van der Waals surface area contributed by atoms with Crippen molar-refractivity contribution in [3.63, 3.8) is 0 Å². The minimum atomic E-state index is -0.151. The highest BCUT2D eigenvalue weighted by atomic mass is 16.7. The first kappa shape index (κ1) is 24.7. The molecule has 2 aromatic carbocycles. The normalized spacial score (nSPS) is 21.0. The number of para-hydroxylation sites is 1. The molecule has 2 saturated heterocycles. The van der Waals surface area contributed by atoms with Gasteiger partial charge in [-0.05, 0) is 62.8 Å². The molecule has 2 aliphatic heterocycles. The number of anilines is 1. The zero-order valence-corrected chi connectivity index (χ0v) is 21.7. The summed E-state index contributed by atoms with van der Waals surface area (Å²) in [6.07, 6.45) is 5.61. The van der Waals surface area contributed by atoms with Crippen molar-refractivity contribution in [1.82, 2.24) is 19.4 Å². The first-order valence-corrected chi connectivity index (χ1v) is 13.0. The van der Waals surface area contributed by atoms with Gasteiger partial charge in [-0.2, -0.15) is 0 Å². The number of methoxy groups -OCH3 is 1. The molecule has 9 nitrogen and oxygen atoms in total. The van der Waals surface area contributed by atoms with Crippen LogP contribution in [0, 0.1) is 5.92 Å². The standard InChI is InChI=1S/C29H33N5O4/c1-33-12-10-19(11-13-33)29-36-16-21(17-37-29)34-15-23(26-27(30)31-18-32-28(26)34)20-8-9-24(25(14-20)35-2)38-22-6-4-3-5-7-22/h3-9,14-15,18-19,21,29H,10-13,16-17H2,1-2H3,(H2,30,31,32). The zero-order chi connectivity index (χ0) is 26.1. The van der Waals surface area contributed by atoms with Crippen molar-refractivity contribution in [2.24, 2.45) is 5.92 Å². The number of fused-ring (bicyclic) bond motifs is 1. The van der Waals surface area contributed by atoms with Gasteiger partial charge in [-0.25, -0.2) is 9.97 Å². The minimum absolute atomic E-state index is 0.0225. The predicted octanol–water partition coefficient (Wildman–Crippen LogP) is 4.74. The summed E-state index contributed by atoms with van der Waals surface area (Å²) in [7, 11) is 3.80. The first-order valence-electron chi connectivity index (χ1n) is 13.0. The maximum atomic E-state index is 6.38. The Morgan fingerprint density at radius 3 is 2.47 bits per heavy atom. The number of nitrogens with two attached hydrogens (primary N) is 1. The average molecular weight is 516 g/mol. The third kappa shape index (κ3) is 4.80. The number of piperidine rings is 1. The molecule has 2 aromatic heterocycles. The fourth-order valence-corrected chi connectivity index (χ4v) is 5.38. The van der Waals surface area contributed by atoms with Crippen molar-refractivity contribution >= 4 is 16.9 Å². The van der Waals surface area contributed by atoms with Crippen LogP contribution < -0.4 is 15.2 Å². The SMILES string of the molecule is COc1cc(-c2cn(C3COC(C4CCN(C)CC4)OC3)c3ncnc(N)c23)ccc1Oc1ccccc1. The van der Waals surface area contributed by atoms with Gasteiger partial charge in [0.15, 0.2) is 17.8 Å². The summed E-state index contributed by atoms with van der Waals surface area (Å²) >= 11 is 0. The van der Waals surface area contributed by atoms with Gasteiger partial charge in [0.25, 0.3) is 0 Å². The van der Waals surface area contributed by atoms with E-state index in [1.807, 2.05) is 48.5 Å². The summed E-state index contributed by atoms with van der Waals surface area (Å²) in [6, 6.07) is 15.5. The highest BCUT2D eigenvalue weighted by Crippen LogP contribution is 2.40. The second kappa shape index (κ2) is 10.6. The molecule has 2 N–H and O–H groups in total. The van der Waals surface area contributed by atoms with E-state index >= 15 is 0 Å². The first-order chi connectivity index (χ1) is 18.6. The van der Waals surface area contributed by atoms with E-state index in [4.69, 9.17) is 24.7 Å². The van der Waals surface area contributed by atoms with Gasteiger partial charge in [-0.1, -0.05) is 24.3 Å². The highest BCUT2D eigenvalue weighted by Gasteiger charge is 2.33. The summed E-state index contributed by atoms with van der Waals surface area (Å²) in [5.41, 5.74) is 8.98. The number of hydrogen-bond acceptors (Lipinski definition) is 8. The molecule has 0 aliphatic carbocycles. The van der Waals surface area contributed by atoms with Crippen molar-refractivity contribution in [1.29, 1.82) is 0 Å². The number of nitrogens with zero attached hydrogens (tertiary/aromatic N) is 4. The maximum Gasteiger partial charge on any atom is 0.169 e. The number of hydrogen-bond donors (Lipinski definition) is 1. The van der Waals surface area contributed by atoms with Crippen LogP contribution in [-0.4, -0.2) is 66.2 Å². The Labute approximate surface area is 222 Å². The van der Waals surface area contributed by atoms with Crippen molar-refractivity contribution in [2.75, 3.05) is 46.2 Å². The van der Waals surface area contributed by atoms with Crippen LogP contribution in [0.3, 0.4) is 0 Å². The monoisotopic (exact) mass is 515 g/mol. The molecule has 4 aromatic rings. The Morgan fingerprint density at radius 1 is 0.974 bits per heavy atom. The molecular weight excluding hydrogens is 482 g/mol. The van der Waals surface area contributed by atoms with Gasteiger partial charge >= 0.3 is 0 Å². The maximum absolute atomic E-state index is 6.38. The average Bonchev–Trinajstić information content (AvgIpc) is 3.35. The Hall–Kier alpha value is -3.66. The van der Waals surface area contributed by atoms with Crippen LogP contribution in [0.25, 0.3) is 22.2 Å². The zero-order valence-electron chi connectivity index (χ0n) is 21.7. The Balaban J connectivity index is 1.28. The summed E-state index contributed by atoms with van der Waals surface area (Å²) in [5.74, 6) is 2.85. The van der Waals surface area contributed by atoms with Crippen molar-refractivity contribution in [3.8, 4) is 28.4 Å². The van der Waals surface area contributed by atoms with E-state index in [0.29, 0.717) is 36.4 Å². The highest BCUT2D eigenvalue weighted by molar-refractivity contribution is 6.01. The third-order valence-electron chi connectivity index (χ3n) is 7.53. The number of benzene rings is 2. The lowest BCUT2D eigenvalue weighted by Crippen LogP contribution is -2.42. The van der Waals surface area contributed by atoms with Crippen LogP contribution in [0.5, 0.6) is 17.2 Å². The number of aromatic nitrogens is 3. The van der Waals surface area contributed by atoms with E-state index in [0.717, 1.165) is 53.8 Å². The fourth-order valence-electron chi connectivity index (χ4n) is 5.38.